The third-order valence-electron chi connectivity index (χ3n) is 1.83. The Hall–Kier alpha value is -0.680. The molecule has 0 aliphatic heterocycles. The lowest BCUT2D eigenvalue weighted by Gasteiger charge is -2.14. The summed E-state index contributed by atoms with van der Waals surface area (Å²) in [4.78, 5) is 0. The minimum atomic E-state index is -2.48. The fourth-order valence-electron chi connectivity index (χ4n) is 1.16. The molecule has 15 heavy (non-hydrogen) atoms. The van der Waals surface area contributed by atoms with E-state index in [-0.39, 0.29) is 6.04 Å². The van der Waals surface area contributed by atoms with Gasteiger partial charge in [0, 0.05) is 16.1 Å². The molecule has 0 saturated carbocycles. The number of halogens is 3. The van der Waals surface area contributed by atoms with Crippen LogP contribution in [0.2, 0.25) is 0 Å². The molecular formula is C10H12BrF2NO. The normalized spacial score (nSPS) is 12.9. The lowest BCUT2D eigenvalue weighted by Crippen LogP contribution is -2.12. The van der Waals surface area contributed by atoms with Crippen LogP contribution in [0.3, 0.4) is 0 Å². The average Bonchev–Trinajstić information content (AvgIpc) is 2.15. The fourth-order valence-corrected chi connectivity index (χ4v) is 1.54. The maximum atomic E-state index is 12.0. The molecule has 0 bridgehead atoms. The van der Waals surface area contributed by atoms with Crippen molar-refractivity contribution in [3.05, 3.63) is 28.2 Å². The number of nitrogens with two attached hydrogens (primary N) is 1. The summed E-state index contributed by atoms with van der Waals surface area (Å²) in [7, 11) is 0. The van der Waals surface area contributed by atoms with Gasteiger partial charge in [-0.15, -0.1) is 0 Å². The maximum absolute atomic E-state index is 12.0. The summed E-state index contributed by atoms with van der Waals surface area (Å²) in [6.45, 7) is 1.17. The van der Waals surface area contributed by atoms with Crippen molar-refractivity contribution in [2.75, 3.05) is 6.61 Å². The van der Waals surface area contributed by atoms with Crippen LogP contribution in [0.1, 0.15) is 18.5 Å². The predicted octanol–water partition coefficient (Wildman–Crippen LogP) is 3.11. The molecule has 2 nitrogen and oxygen atoms in total. The lowest BCUT2D eigenvalue weighted by atomic mass is 10.1. The van der Waals surface area contributed by atoms with Gasteiger partial charge in [-0.25, -0.2) is 8.78 Å². The number of alkyl halides is 2. The number of ether oxygens (including phenoxy) is 1. The first kappa shape index (κ1) is 12.4. The predicted molar refractivity (Wildman–Crippen MR) is 58.2 cm³/mol. The van der Waals surface area contributed by atoms with Gasteiger partial charge >= 0.3 is 0 Å². The highest BCUT2D eigenvalue weighted by molar-refractivity contribution is 9.10. The zero-order valence-corrected chi connectivity index (χ0v) is 9.80. The Kier molecular flexibility index (Phi) is 4.47. The van der Waals surface area contributed by atoms with Gasteiger partial charge in [0.25, 0.3) is 6.43 Å². The Morgan fingerprint density at radius 2 is 2.13 bits per heavy atom. The van der Waals surface area contributed by atoms with Gasteiger partial charge in [-0.3, -0.25) is 0 Å². The third-order valence-corrected chi connectivity index (χ3v) is 2.32. The number of benzene rings is 1. The minimum Gasteiger partial charge on any atom is -0.487 e. The highest BCUT2D eigenvalue weighted by atomic mass is 79.9. The van der Waals surface area contributed by atoms with Crippen LogP contribution in [0.25, 0.3) is 0 Å². The van der Waals surface area contributed by atoms with Gasteiger partial charge in [-0.2, -0.15) is 0 Å². The van der Waals surface area contributed by atoms with E-state index >= 15 is 0 Å². The summed E-state index contributed by atoms with van der Waals surface area (Å²) in [5, 5.41) is 0. The summed E-state index contributed by atoms with van der Waals surface area (Å²) in [6, 6.07) is 4.87. The molecule has 1 rings (SSSR count). The van der Waals surface area contributed by atoms with Crippen LogP contribution in [-0.2, 0) is 0 Å². The van der Waals surface area contributed by atoms with Crippen LogP contribution >= 0.6 is 15.9 Å². The van der Waals surface area contributed by atoms with Crippen molar-refractivity contribution in [1.82, 2.24) is 0 Å². The van der Waals surface area contributed by atoms with E-state index in [4.69, 9.17) is 10.5 Å². The van der Waals surface area contributed by atoms with Gasteiger partial charge in [-0.05, 0) is 25.1 Å². The van der Waals surface area contributed by atoms with Crippen LogP contribution in [0, 0.1) is 0 Å². The average molecular weight is 280 g/mol. The van der Waals surface area contributed by atoms with Crippen molar-refractivity contribution in [2.24, 2.45) is 5.73 Å². The molecule has 1 aromatic carbocycles. The van der Waals surface area contributed by atoms with E-state index in [1.54, 1.807) is 25.1 Å². The van der Waals surface area contributed by atoms with Crippen LogP contribution in [-0.4, -0.2) is 13.0 Å². The summed E-state index contributed by atoms with van der Waals surface area (Å²) < 4.78 is 29.7. The molecular weight excluding hydrogens is 268 g/mol. The second-order valence-electron chi connectivity index (χ2n) is 3.17. The van der Waals surface area contributed by atoms with Crippen molar-refractivity contribution in [1.29, 1.82) is 0 Å². The standard InChI is InChI=1S/C10H12BrF2NO/c1-6(14)8-4-7(11)2-3-9(8)15-5-10(12)13/h2-4,6,10H,5,14H2,1H3. The van der Waals surface area contributed by atoms with Crippen molar-refractivity contribution < 1.29 is 13.5 Å². The molecule has 0 aliphatic carbocycles. The first-order valence-corrected chi connectivity index (χ1v) is 5.26. The molecule has 0 amide bonds. The number of hydrogen-bond acceptors (Lipinski definition) is 2. The molecule has 0 aromatic heterocycles. The molecule has 1 atom stereocenters. The maximum Gasteiger partial charge on any atom is 0.272 e. The molecule has 0 saturated heterocycles. The Morgan fingerprint density at radius 1 is 1.47 bits per heavy atom. The first-order valence-electron chi connectivity index (χ1n) is 4.46. The second-order valence-corrected chi connectivity index (χ2v) is 4.09. The minimum absolute atomic E-state index is 0.254. The van der Waals surface area contributed by atoms with Crippen LogP contribution in [0.4, 0.5) is 8.78 Å². The van der Waals surface area contributed by atoms with Crippen molar-refractivity contribution >= 4 is 15.9 Å². The van der Waals surface area contributed by atoms with E-state index in [1.807, 2.05) is 0 Å². The Morgan fingerprint density at radius 3 is 2.67 bits per heavy atom. The van der Waals surface area contributed by atoms with E-state index in [0.717, 1.165) is 4.47 Å². The van der Waals surface area contributed by atoms with E-state index in [1.165, 1.54) is 0 Å². The monoisotopic (exact) mass is 279 g/mol. The summed E-state index contributed by atoms with van der Waals surface area (Å²) in [5.74, 6) is 0.411. The zero-order chi connectivity index (χ0) is 11.4. The van der Waals surface area contributed by atoms with Crippen molar-refractivity contribution in [3.63, 3.8) is 0 Å². The zero-order valence-electron chi connectivity index (χ0n) is 8.21. The molecule has 5 heteroatoms. The van der Waals surface area contributed by atoms with Gasteiger partial charge < -0.3 is 10.5 Å². The summed E-state index contributed by atoms with van der Waals surface area (Å²) in [5.41, 5.74) is 6.41. The van der Waals surface area contributed by atoms with Gasteiger partial charge in [0.1, 0.15) is 12.4 Å². The molecule has 0 heterocycles. The number of rotatable bonds is 4. The molecule has 0 fully saturated rings. The Labute approximate surface area is 95.5 Å². The topological polar surface area (TPSA) is 35.2 Å². The van der Waals surface area contributed by atoms with Gasteiger partial charge in [-0.1, -0.05) is 15.9 Å². The quantitative estimate of drug-likeness (QED) is 0.919. The van der Waals surface area contributed by atoms with E-state index in [2.05, 4.69) is 15.9 Å². The fraction of sp³-hybridized carbons (Fsp3) is 0.400. The molecule has 84 valence electrons. The largest absolute Gasteiger partial charge is 0.487 e. The Balaban J connectivity index is 2.86. The molecule has 1 unspecified atom stereocenters. The molecule has 0 aliphatic rings. The molecule has 1 aromatic rings. The smallest absolute Gasteiger partial charge is 0.272 e. The molecule has 0 radical (unpaired) electrons. The van der Waals surface area contributed by atoms with Crippen molar-refractivity contribution in [3.8, 4) is 5.75 Å². The van der Waals surface area contributed by atoms with E-state index in [0.29, 0.717) is 11.3 Å². The van der Waals surface area contributed by atoms with Gasteiger partial charge in [0.05, 0.1) is 0 Å². The third kappa shape index (κ3) is 3.76. The van der Waals surface area contributed by atoms with Crippen molar-refractivity contribution in [2.45, 2.75) is 19.4 Å². The summed E-state index contributed by atoms with van der Waals surface area (Å²) >= 11 is 3.29. The lowest BCUT2D eigenvalue weighted by molar-refractivity contribution is 0.0812. The van der Waals surface area contributed by atoms with Crippen LogP contribution in [0.5, 0.6) is 5.75 Å². The molecule has 2 N–H and O–H groups in total. The van der Waals surface area contributed by atoms with E-state index in [9.17, 15) is 8.78 Å². The first-order chi connectivity index (χ1) is 7.00. The highest BCUT2D eigenvalue weighted by Crippen LogP contribution is 2.27. The van der Waals surface area contributed by atoms with Gasteiger partial charge in [0.2, 0.25) is 0 Å². The highest BCUT2D eigenvalue weighted by Gasteiger charge is 2.11. The SMILES string of the molecule is CC(N)c1cc(Br)ccc1OCC(F)F. The Bertz CT molecular complexity index is 331. The van der Waals surface area contributed by atoms with Crippen LogP contribution < -0.4 is 10.5 Å². The molecule has 0 spiro atoms. The number of hydrogen-bond donors (Lipinski definition) is 1. The van der Waals surface area contributed by atoms with Crippen LogP contribution in [0.15, 0.2) is 22.7 Å². The second kappa shape index (κ2) is 5.42. The summed E-state index contributed by atoms with van der Waals surface area (Å²) in [6.07, 6.45) is -2.48. The van der Waals surface area contributed by atoms with E-state index < -0.39 is 13.0 Å². The van der Waals surface area contributed by atoms with Gasteiger partial charge in [0.15, 0.2) is 0 Å².